The van der Waals surface area contributed by atoms with E-state index in [0.29, 0.717) is 47.4 Å². The van der Waals surface area contributed by atoms with E-state index >= 15 is 0 Å². The quantitative estimate of drug-likeness (QED) is 0.317. The van der Waals surface area contributed by atoms with E-state index in [-0.39, 0.29) is 6.03 Å². The van der Waals surface area contributed by atoms with Crippen LogP contribution in [0.25, 0.3) is 17.0 Å². The summed E-state index contributed by atoms with van der Waals surface area (Å²) in [5.74, 6) is 0. The molecule has 0 spiro atoms. The van der Waals surface area contributed by atoms with Crippen LogP contribution in [0.15, 0.2) is 60.8 Å². The monoisotopic (exact) mass is 540 g/mol. The van der Waals surface area contributed by atoms with E-state index in [2.05, 4.69) is 27.3 Å². The van der Waals surface area contributed by atoms with Crippen LogP contribution in [0.1, 0.15) is 33.5 Å². The van der Waals surface area contributed by atoms with Gasteiger partial charge in [-0.3, -0.25) is 9.47 Å². The molecule has 0 saturated carbocycles. The van der Waals surface area contributed by atoms with E-state index in [4.69, 9.17) is 23.2 Å². The Bertz CT molecular complexity index is 1660. The minimum absolute atomic E-state index is 0.225. The molecule has 0 bridgehead atoms. The summed E-state index contributed by atoms with van der Waals surface area (Å²) in [5.41, 5.74) is 5.58. The number of nitrogens with zero attached hydrogens (tertiary/aromatic N) is 5. The highest BCUT2D eigenvalue weighted by Gasteiger charge is 2.26. The molecule has 0 unspecified atom stereocenters. The lowest BCUT2D eigenvalue weighted by molar-refractivity contribution is 0.240. The van der Waals surface area contributed by atoms with Gasteiger partial charge in [0.2, 0.25) is 0 Å². The third-order valence-corrected chi connectivity index (χ3v) is 6.94. The first-order chi connectivity index (χ1) is 18.4. The molecule has 0 atom stereocenters. The molecule has 4 aromatic rings. The van der Waals surface area contributed by atoms with Crippen molar-refractivity contribution in [3.8, 4) is 12.1 Å². The second-order valence-electron chi connectivity index (χ2n) is 9.02. The number of carbonyl (C=O) groups is 1. The van der Waals surface area contributed by atoms with Gasteiger partial charge in [0.15, 0.2) is 0 Å². The SMILES string of the molecule is N#Cc1cc(Cl)cc(C=CCN2CCc3c(c4cc(C#N)ccc4n3C(=O)NCc3ccnc(Cl)c3)C2)c1. The first kappa shape index (κ1) is 25.5. The molecule has 1 aliphatic rings. The van der Waals surface area contributed by atoms with E-state index in [9.17, 15) is 15.3 Å². The van der Waals surface area contributed by atoms with E-state index in [0.717, 1.165) is 39.8 Å². The Morgan fingerprint density at radius 3 is 2.71 bits per heavy atom. The van der Waals surface area contributed by atoms with Crippen molar-refractivity contribution in [2.24, 2.45) is 0 Å². The van der Waals surface area contributed by atoms with Crippen molar-refractivity contribution in [3.05, 3.63) is 104 Å². The normalized spacial score (nSPS) is 13.3. The third kappa shape index (κ3) is 5.41. The lowest BCUT2D eigenvalue weighted by atomic mass is 10.0. The maximum atomic E-state index is 13.4. The molecule has 2 aromatic carbocycles. The van der Waals surface area contributed by atoms with Gasteiger partial charge in [-0.15, -0.1) is 0 Å². The highest BCUT2D eigenvalue weighted by atomic mass is 35.5. The number of hydrogen-bond donors (Lipinski definition) is 1. The molecule has 7 nitrogen and oxygen atoms in total. The average molecular weight is 541 g/mol. The van der Waals surface area contributed by atoms with Gasteiger partial charge in [-0.1, -0.05) is 35.4 Å². The Hall–Kier alpha value is -4.14. The van der Waals surface area contributed by atoms with Gasteiger partial charge in [0.25, 0.3) is 0 Å². The van der Waals surface area contributed by atoms with Crippen LogP contribution in [-0.2, 0) is 19.5 Å². The fourth-order valence-electron chi connectivity index (χ4n) is 4.79. The Labute approximate surface area is 230 Å². The minimum Gasteiger partial charge on any atom is -0.333 e. The number of aromatic nitrogens is 2. The zero-order valence-electron chi connectivity index (χ0n) is 20.3. The number of pyridine rings is 1. The Morgan fingerprint density at radius 1 is 1.08 bits per heavy atom. The van der Waals surface area contributed by atoms with Gasteiger partial charge in [-0.2, -0.15) is 10.5 Å². The predicted octanol–water partition coefficient (Wildman–Crippen LogP) is 5.92. The molecule has 188 valence electrons. The molecule has 0 radical (unpaired) electrons. The summed E-state index contributed by atoms with van der Waals surface area (Å²) in [6.07, 6.45) is 6.30. The van der Waals surface area contributed by atoms with E-state index < -0.39 is 0 Å². The summed E-state index contributed by atoms with van der Waals surface area (Å²) in [4.78, 5) is 19.6. The number of hydrogen-bond acceptors (Lipinski definition) is 5. The lowest BCUT2D eigenvalue weighted by Crippen LogP contribution is -2.34. The highest BCUT2D eigenvalue weighted by molar-refractivity contribution is 6.30. The molecule has 0 fully saturated rings. The summed E-state index contributed by atoms with van der Waals surface area (Å²) in [6.45, 7) is 2.42. The van der Waals surface area contributed by atoms with Crippen LogP contribution in [-0.4, -0.2) is 33.6 Å². The van der Waals surface area contributed by atoms with Crippen molar-refractivity contribution in [2.45, 2.75) is 19.5 Å². The van der Waals surface area contributed by atoms with Crippen molar-refractivity contribution >= 4 is 46.2 Å². The number of rotatable bonds is 5. The van der Waals surface area contributed by atoms with Crippen LogP contribution >= 0.6 is 23.2 Å². The number of nitrogens with one attached hydrogen (secondary N) is 1. The first-order valence-electron chi connectivity index (χ1n) is 12.0. The molecular formula is C29H22Cl2N6O. The van der Waals surface area contributed by atoms with Crippen LogP contribution in [0.5, 0.6) is 0 Å². The van der Waals surface area contributed by atoms with Crippen LogP contribution in [0.4, 0.5) is 4.79 Å². The van der Waals surface area contributed by atoms with Gasteiger partial charge >= 0.3 is 6.03 Å². The summed E-state index contributed by atoms with van der Waals surface area (Å²) < 4.78 is 1.73. The third-order valence-electron chi connectivity index (χ3n) is 6.52. The summed E-state index contributed by atoms with van der Waals surface area (Å²) >= 11 is 12.1. The Morgan fingerprint density at radius 2 is 1.92 bits per heavy atom. The summed E-state index contributed by atoms with van der Waals surface area (Å²) in [5, 5.41) is 23.5. The van der Waals surface area contributed by atoms with Crippen molar-refractivity contribution in [2.75, 3.05) is 13.1 Å². The molecule has 1 amide bonds. The molecule has 1 N–H and O–H groups in total. The fraction of sp³-hybridized carbons (Fsp3) is 0.172. The van der Waals surface area contributed by atoms with Gasteiger partial charge in [0.1, 0.15) is 5.15 Å². The molecule has 0 aliphatic carbocycles. The second kappa shape index (κ2) is 11.1. The topological polar surface area (TPSA) is 97.7 Å². The van der Waals surface area contributed by atoms with E-state index in [1.165, 1.54) is 0 Å². The number of carbonyl (C=O) groups excluding carboxylic acids is 1. The van der Waals surface area contributed by atoms with Crippen LogP contribution in [0, 0.1) is 22.7 Å². The first-order valence-corrected chi connectivity index (χ1v) is 12.8. The van der Waals surface area contributed by atoms with Crippen molar-refractivity contribution in [1.82, 2.24) is 19.8 Å². The maximum Gasteiger partial charge on any atom is 0.326 e. The Balaban J connectivity index is 1.39. The highest BCUT2D eigenvalue weighted by Crippen LogP contribution is 2.32. The number of fused-ring (bicyclic) bond motifs is 3. The summed E-state index contributed by atoms with van der Waals surface area (Å²) in [7, 11) is 0. The average Bonchev–Trinajstić information content (AvgIpc) is 3.24. The molecule has 1 aliphatic heterocycles. The van der Waals surface area contributed by atoms with E-state index in [1.54, 1.807) is 35.0 Å². The van der Waals surface area contributed by atoms with Crippen molar-refractivity contribution in [3.63, 3.8) is 0 Å². The maximum absolute atomic E-state index is 13.4. The van der Waals surface area contributed by atoms with Crippen molar-refractivity contribution in [1.29, 1.82) is 10.5 Å². The Kier molecular flexibility index (Phi) is 7.44. The number of benzene rings is 2. The summed E-state index contributed by atoms with van der Waals surface area (Å²) in [6, 6.07) is 18.3. The predicted molar refractivity (Wildman–Crippen MR) is 148 cm³/mol. The van der Waals surface area contributed by atoms with Gasteiger partial charge in [-0.25, -0.2) is 9.78 Å². The number of amides is 1. The van der Waals surface area contributed by atoms with Gasteiger partial charge in [0, 0.05) is 54.9 Å². The molecule has 3 heterocycles. The fourth-order valence-corrected chi connectivity index (χ4v) is 5.23. The standard InChI is InChI=1S/C29H22Cl2N6O/c30-23-11-19(10-22(12-23)16-33)2-1-8-36-9-6-27-25(18-36)24-13-20(15-32)3-4-26(24)37(27)29(38)35-17-21-5-7-34-28(31)14-21/h1-5,7,10-14H,6,8-9,17-18H2,(H,35,38). The van der Waals surface area contributed by atoms with E-state index in [1.807, 2.05) is 36.4 Å². The number of nitriles is 2. The number of halogens is 2. The molecule has 0 saturated heterocycles. The van der Waals surface area contributed by atoms with Crippen molar-refractivity contribution < 1.29 is 4.79 Å². The molecule has 9 heteroatoms. The smallest absolute Gasteiger partial charge is 0.326 e. The van der Waals surface area contributed by atoms with Gasteiger partial charge in [-0.05, 0) is 65.2 Å². The second-order valence-corrected chi connectivity index (χ2v) is 9.85. The minimum atomic E-state index is -0.225. The zero-order valence-corrected chi connectivity index (χ0v) is 21.8. The van der Waals surface area contributed by atoms with Crippen LogP contribution < -0.4 is 5.32 Å². The van der Waals surface area contributed by atoms with Crippen LogP contribution in [0.3, 0.4) is 0 Å². The van der Waals surface area contributed by atoms with Gasteiger partial charge in [0.05, 0.1) is 28.8 Å². The molecule has 38 heavy (non-hydrogen) atoms. The lowest BCUT2D eigenvalue weighted by Gasteiger charge is -2.27. The molecular weight excluding hydrogens is 519 g/mol. The molecule has 5 rings (SSSR count). The zero-order chi connectivity index (χ0) is 26.6. The molecule has 2 aromatic heterocycles. The van der Waals surface area contributed by atoms with Gasteiger partial charge < -0.3 is 5.32 Å². The largest absolute Gasteiger partial charge is 0.333 e. The van der Waals surface area contributed by atoms with Crippen LogP contribution in [0.2, 0.25) is 10.2 Å².